The van der Waals surface area contributed by atoms with Crippen LogP contribution in [0.3, 0.4) is 0 Å². The van der Waals surface area contributed by atoms with E-state index in [4.69, 9.17) is 16.0 Å². The fourth-order valence-electron chi connectivity index (χ4n) is 2.87. The molecule has 1 saturated heterocycles. The van der Waals surface area contributed by atoms with Crippen molar-refractivity contribution in [1.82, 2.24) is 4.90 Å². The molecule has 30 heavy (non-hydrogen) atoms. The standard InChI is InChI=1S/C21H13ClN2O5S/c22-15-5-1-13(2-6-15)12-23-20(25)19(30-21(23)26)11-17-9-10-18(29-17)14-3-7-16(8-4-14)24(27)28/h1-11H,12H2. The normalized spacial score (nSPS) is 15.2. The topological polar surface area (TPSA) is 93.7 Å². The highest BCUT2D eigenvalue weighted by Crippen LogP contribution is 2.34. The Balaban J connectivity index is 1.51. The largest absolute Gasteiger partial charge is 0.457 e. The van der Waals surface area contributed by atoms with Gasteiger partial charge >= 0.3 is 0 Å². The molecule has 0 spiro atoms. The van der Waals surface area contributed by atoms with Gasteiger partial charge in [-0.3, -0.25) is 24.6 Å². The van der Waals surface area contributed by atoms with E-state index in [1.165, 1.54) is 23.1 Å². The van der Waals surface area contributed by atoms with E-state index < -0.39 is 10.8 Å². The summed E-state index contributed by atoms with van der Waals surface area (Å²) in [7, 11) is 0. The van der Waals surface area contributed by atoms with Gasteiger partial charge < -0.3 is 4.42 Å². The number of rotatable bonds is 5. The molecule has 3 aromatic rings. The quantitative estimate of drug-likeness (QED) is 0.285. The summed E-state index contributed by atoms with van der Waals surface area (Å²) in [6.07, 6.45) is 1.52. The van der Waals surface area contributed by atoms with Crippen LogP contribution in [0.5, 0.6) is 0 Å². The second kappa shape index (κ2) is 8.17. The minimum atomic E-state index is -0.475. The lowest BCUT2D eigenvalue weighted by Gasteiger charge is -2.12. The monoisotopic (exact) mass is 440 g/mol. The third kappa shape index (κ3) is 4.14. The fraction of sp³-hybridized carbons (Fsp3) is 0.0476. The second-order valence-corrected chi connectivity index (χ2v) is 7.83. The number of benzene rings is 2. The highest BCUT2D eigenvalue weighted by atomic mass is 35.5. The van der Waals surface area contributed by atoms with Crippen LogP contribution >= 0.6 is 23.4 Å². The number of nitrogens with zero attached hydrogens (tertiary/aromatic N) is 2. The first-order chi connectivity index (χ1) is 14.4. The molecule has 7 nitrogen and oxygen atoms in total. The van der Waals surface area contributed by atoms with E-state index in [1.807, 2.05) is 0 Å². The maximum absolute atomic E-state index is 12.7. The Kier molecular flexibility index (Phi) is 5.43. The molecule has 0 saturated carbocycles. The van der Waals surface area contributed by atoms with E-state index in [0.717, 1.165) is 17.3 Å². The zero-order valence-electron chi connectivity index (χ0n) is 15.3. The number of amides is 2. The van der Waals surface area contributed by atoms with Crippen molar-refractivity contribution in [2.45, 2.75) is 6.54 Å². The van der Waals surface area contributed by atoms with Gasteiger partial charge in [-0.15, -0.1) is 0 Å². The molecular formula is C21H13ClN2O5S. The Hall–Kier alpha value is -3.36. The smallest absolute Gasteiger partial charge is 0.293 e. The molecule has 0 N–H and O–H groups in total. The second-order valence-electron chi connectivity index (χ2n) is 6.40. The molecular weight excluding hydrogens is 428 g/mol. The molecule has 1 fully saturated rings. The van der Waals surface area contributed by atoms with Crippen molar-refractivity contribution in [3.05, 3.63) is 92.0 Å². The van der Waals surface area contributed by atoms with Gasteiger partial charge in [-0.05, 0) is 53.7 Å². The first-order valence-electron chi connectivity index (χ1n) is 8.75. The number of imide groups is 1. The van der Waals surface area contributed by atoms with Gasteiger partial charge in [0.15, 0.2) is 0 Å². The number of non-ortho nitro benzene ring substituents is 1. The number of furan rings is 1. The summed E-state index contributed by atoms with van der Waals surface area (Å²) >= 11 is 6.71. The molecule has 150 valence electrons. The van der Waals surface area contributed by atoms with Crippen LogP contribution in [0.1, 0.15) is 11.3 Å². The number of thioether (sulfide) groups is 1. The number of hydrogen-bond donors (Lipinski definition) is 0. The third-order valence-corrected chi connectivity index (χ3v) is 5.55. The van der Waals surface area contributed by atoms with E-state index in [9.17, 15) is 19.7 Å². The van der Waals surface area contributed by atoms with Crippen molar-refractivity contribution in [1.29, 1.82) is 0 Å². The summed E-state index contributed by atoms with van der Waals surface area (Å²) < 4.78 is 5.73. The molecule has 0 bridgehead atoms. The van der Waals surface area contributed by atoms with E-state index in [1.54, 1.807) is 48.5 Å². The van der Waals surface area contributed by atoms with Gasteiger partial charge in [-0.1, -0.05) is 23.7 Å². The average Bonchev–Trinajstić information content (AvgIpc) is 3.30. The Bertz CT molecular complexity index is 1170. The lowest BCUT2D eigenvalue weighted by molar-refractivity contribution is -0.384. The van der Waals surface area contributed by atoms with E-state index in [2.05, 4.69) is 0 Å². The predicted octanol–water partition coefficient (Wildman–Crippen LogP) is 5.74. The van der Waals surface area contributed by atoms with Crippen molar-refractivity contribution in [3.63, 3.8) is 0 Å². The summed E-state index contributed by atoms with van der Waals surface area (Å²) in [6.45, 7) is 0.158. The van der Waals surface area contributed by atoms with Gasteiger partial charge in [0.05, 0.1) is 16.4 Å². The zero-order chi connectivity index (χ0) is 21.3. The minimum absolute atomic E-state index is 0.0140. The van der Waals surface area contributed by atoms with Crippen LogP contribution in [0.15, 0.2) is 70.0 Å². The predicted molar refractivity (Wildman–Crippen MR) is 114 cm³/mol. The minimum Gasteiger partial charge on any atom is -0.457 e. The molecule has 2 aromatic carbocycles. The highest BCUT2D eigenvalue weighted by Gasteiger charge is 2.35. The van der Waals surface area contributed by atoms with Crippen LogP contribution in [-0.2, 0) is 11.3 Å². The lowest BCUT2D eigenvalue weighted by atomic mass is 10.1. The summed E-state index contributed by atoms with van der Waals surface area (Å²) in [5, 5.41) is 11.0. The van der Waals surface area contributed by atoms with Crippen LogP contribution in [0.25, 0.3) is 17.4 Å². The van der Waals surface area contributed by atoms with Crippen LogP contribution in [-0.4, -0.2) is 21.0 Å². The van der Waals surface area contributed by atoms with Crippen molar-refractivity contribution >= 4 is 46.3 Å². The number of nitro groups is 1. The van der Waals surface area contributed by atoms with Crippen molar-refractivity contribution in [2.24, 2.45) is 0 Å². The number of halogens is 1. The molecule has 4 rings (SSSR count). The Labute approximate surface area is 180 Å². The van der Waals surface area contributed by atoms with Gasteiger partial charge in [0.25, 0.3) is 16.8 Å². The van der Waals surface area contributed by atoms with E-state index in [0.29, 0.717) is 22.1 Å². The summed E-state index contributed by atoms with van der Waals surface area (Å²) in [5.41, 5.74) is 1.44. The van der Waals surface area contributed by atoms with E-state index >= 15 is 0 Å². The molecule has 0 unspecified atom stereocenters. The van der Waals surface area contributed by atoms with Gasteiger partial charge in [-0.25, -0.2) is 0 Å². The highest BCUT2D eigenvalue weighted by molar-refractivity contribution is 8.18. The van der Waals surface area contributed by atoms with Crippen molar-refractivity contribution in [2.75, 3.05) is 0 Å². The van der Waals surface area contributed by atoms with Crippen molar-refractivity contribution in [3.8, 4) is 11.3 Å². The van der Waals surface area contributed by atoms with Crippen LogP contribution in [0.2, 0.25) is 5.02 Å². The molecule has 9 heteroatoms. The fourth-order valence-corrected chi connectivity index (χ4v) is 3.82. The molecule has 0 radical (unpaired) electrons. The molecule has 1 aliphatic heterocycles. The third-order valence-electron chi connectivity index (χ3n) is 4.39. The maximum Gasteiger partial charge on any atom is 0.293 e. The molecule has 1 aliphatic rings. The number of carbonyl (C=O) groups is 2. The maximum atomic E-state index is 12.7. The number of hydrogen-bond acceptors (Lipinski definition) is 6. The Morgan fingerprint density at radius 3 is 2.40 bits per heavy atom. The Morgan fingerprint density at radius 1 is 1.03 bits per heavy atom. The molecule has 2 heterocycles. The number of carbonyl (C=O) groups excluding carboxylic acids is 2. The summed E-state index contributed by atoms with van der Waals surface area (Å²) in [5.74, 6) is 0.505. The van der Waals surface area contributed by atoms with Gasteiger partial charge in [0.2, 0.25) is 0 Å². The van der Waals surface area contributed by atoms with E-state index in [-0.39, 0.29) is 22.4 Å². The zero-order valence-corrected chi connectivity index (χ0v) is 16.9. The molecule has 0 atom stereocenters. The van der Waals surface area contributed by atoms with Gasteiger partial charge in [-0.2, -0.15) is 0 Å². The molecule has 0 aliphatic carbocycles. The summed E-state index contributed by atoms with van der Waals surface area (Å²) in [6, 6.07) is 16.2. The molecule has 2 amide bonds. The first kappa shape index (κ1) is 19.9. The summed E-state index contributed by atoms with van der Waals surface area (Å²) in [4.78, 5) is 36.7. The Morgan fingerprint density at radius 2 is 1.73 bits per heavy atom. The van der Waals surface area contributed by atoms with Crippen LogP contribution in [0, 0.1) is 10.1 Å². The first-order valence-corrected chi connectivity index (χ1v) is 9.94. The lowest BCUT2D eigenvalue weighted by Crippen LogP contribution is -2.27. The van der Waals surface area contributed by atoms with Gasteiger partial charge in [0.1, 0.15) is 11.5 Å². The molecule has 1 aromatic heterocycles. The van der Waals surface area contributed by atoms with Gasteiger partial charge in [0, 0.05) is 28.8 Å². The average molecular weight is 441 g/mol. The van der Waals surface area contributed by atoms with Crippen molar-refractivity contribution < 1.29 is 18.9 Å². The number of nitro benzene ring substituents is 1. The van der Waals surface area contributed by atoms with Crippen LogP contribution < -0.4 is 0 Å². The SMILES string of the molecule is O=C1SC(=Cc2ccc(-c3ccc([N+](=O)[O-])cc3)o2)C(=O)N1Cc1ccc(Cl)cc1. The van der Waals surface area contributed by atoms with Crippen LogP contribution in [0.4, 0.5) is 10.5 Å².